The summed E-state index contributed by atoms with van der Waals surface area (Å²) in [5.41, 5.74) is 0.756. The van der Waals surface area contributed by atoms with Crippen LogP contribution in [-0.4, -0.2) is 31.2 Å². The van der Waals surface area contributed by atoms with Crippen molar-refractivity contribution < 1.29 is 14.4 Å². The minimum atomic E-state index is -0.260. The largest absolute Gasteiger partial charge is 0.469 e. The SMILES string of the molecule is CON=C(C)C(CC(=O)OC)Sc1ccc2ccccc2c1. The second-order valence-corrected chi connectivity index (χ2v) is 6.09. The zero-order valence-electron chi connectivity index (χ0n) is 12.9. The van der Waals surface area contributed by atoms with Gasteiger partial charge < -0.3 is 9.57 Å². The number of ether oxygens (including phenoxy) is 1. The highest BCUT2D eigenvalue weighted by Crippen LogP contribution is 2.29. The fraction of sp³-hybridized carbons (Fsp3) is 0.294. The van der Waals surface area contributed by atoms with Gasteiger partial charge >= 0.3 is 5.97 Å². The van der Waals surface area contributed by atoms with Crippen LogP contribution in [0.2, 0.25) is 0 Å². The smallest absolute Gasteiger partial charge is 0.307 e. The molecule has 4 nitrogen and oxygen atoms in total. The third-order valence-corrected chi connectivity index (χ3v) is 4.60. The molecule has 0 amide bonds. The van der Waals surface area contributed by atoms with E-state index in [1.807, 2.05) is 19.1 Å². The lowest BCUT2D eigenvalue weighted by molar-refractivity contribution is -0.140. The van der Waals surface area contributed by atoms with E-state index in [9.17, 15) is 4.79 Å². The van der Waals surface area contributed by atoms with Crippen molar-refractivity contribution >= 4 is 34.2 Å². The number of nitrogens with zero attached hydrogens (tertiary/aromatic N) is 1. The van der Waals surface area contributed by atoms with Crippen LogP contribution in [0.1, 0.15) is 13.3 Å². The Morgan fingerprint density at radius 1 is 1.18 bits per heavy atom. The number of carbonyl (C=O) groups excluding carboxylic acids is 1. The zero-order chi connectivity index (χ0) is 15.9. The summed E-state index contributed by atoms with van der Waals surface area (Å²) < 4.78 is 4.77. The number of methoxy groups -OCH3 is 1. The van der Waals surface area contributed by atoms with Gasteiger partial charge in [-0.1, -0.05) is 35.5 Å². The Labute approximate surface area is 134 Å². The van der Waals surface area contributed by atoms with Crippen molar-refractivity contribution in [3.63, 3.8) is 0 Å². The van der Waals surface area contributed by atoms with Gasteiger partial charge in [0.25, 0.3) is 0 Å². The Morgan fingerprint density at radius 3 is 2.59 bits per heavy atom. The van der Waals surface area contributed by atoms with Crippen LogP contribution in [0, 0.1) is 0 Å². The predicted octanol–water partition coefficient (Wildman–Crippen LogP) is 3.89. The maximum atomic E-state index is 11.6. The van der Waals surface area contributed by atoms with Gasteiger partial charge in [0.15, 0.2) is 0 Å². The van der Waals surface area contributed by atoms with E-state index in [4.69, 9.17) is 9.57 Å². The van der Waals surface area contributed by atoms with E-state index in [0.29, 0.717) is 0 Å². The standard InChI is InChI=1S/C17H19NO3S/c1-12(18-21-3)16(11-17(19)20-2)22-15-9-8-13-6-4-5-7-14(13)10-15/h4-10,16H,11H2,1-3H3. The molecule has 2 aromatic carbocycles. The number of esters is 1. The summed E-state index contributed by atoms with van der Waals surface area (Å²) in [7, 11) is 2.89. The molecule has 0 heterocycles. The van der Waals surface area contributed by atoms with E-state index < -0.39 is 0 Å². The molecule has 1 atom stereocenters. The second-order valence-electron chi connectivity index (χ2n) is 4.81. The van der Waals surface area contributed by atoms with Crippen LogP contribution in [0.3, 0.4) is 0 Å². The number of hydrogen-bond donors (Lipinski definition) is 0. The number of benzene rings is 2. The maximum Gasteiger partial charge on any atom is 0.307 e. The molecule has 0 aromatic heterocycles. The molecule has 22 heavy (non-hydrogen) atoms. The van der Waals surface area contributed by atoms with Crippen molar-refractivity contribution in [2.24, 2.45) is 5.16 Å². The summed E-state index contributed by atoms with van der Waals surface area (Å²) in [4.78, 5) is 17.5. The predicted molar refractivity (Wildman–Crippen MR) is 90.3 cm³/mol. The Hall–Kier alpha value is -2.01. The summed E-state index contributed by atoms with van der Waals surface area (Å²) in [5.74, 6) is -0.260. The van der Waals surface area contributed by atoms with Gasteiger partial charge in [0.1, 0.15) is 7.11 Å². The maximum absolute atomic E-state index is 11.6. The number of thioether (sulfide) groups is 1. The van der Waals surface area contributed by atoms with Gasteiger partial charge in [-0.15, -0.1) is 11.8 Å². The first-order valence-corrected chi connectivity index (χ1v) is 7.82. The van der Waals surface area contributed by atoms with Gasteiger partial charge in [-0.05, 0) is 29.8 Å². The second kappa shape index (κ2) is 7.84. The molecule has 0 N–H and O–H groups in total. The topological polar surface area (TPSA) is 47.9 Å². The van der Waals surface area contributed by atoms with Gasteiger partial charge in [-0.3, -0.25) is 4.79 Å². The molecule has 5 heteroatoms. The van der Waals surface area contributed by atoms with E-state index in [-0.39, 0.29) is 17.6 Å². The first-order chi connectivity index (χ1) is 10.6. The van der Waals surface area contributed by atoms with Gasteiger partial charge in [0.2, 0.25) is 0 Å². The minimum Gasteiger partial charge on any atom is -0.469 e. The Balaban J connectivity index is 2.23. The summed E-state index contributed by atoms with van der Waals surface area (Å²) in [6.07, 6.45) is 0.257. The zero-order valence-corrected chi connectivity index (χ0v) is 13.7. The molecule has 0 saturated heterocycles. The van der Waals surface area contributed by atoms with Gasteiger partial charge in [-0.2, -0.15) is 0 Å². The number of rotatable bonds is 6. The van der Waals surface area contributed by atoms with Crippen molar-refractivity contribution in [3.8, 4) is 0 Å². The van der Waals surface area contributed by atoms with Crippen LogP contribution in [0.25, 0.3) is 10.8 Å². The Morgan fingerprint density at radius 2 is 1.91 bits per heavy atom. The fourth-order valence-corrected chi connectivity index (χ4v) is 3.22. The van der Waals surface area contributed by atoms with Crippen molar-refractivity contribution in [1.29, 1.82) is 0 Å². The van der Waals surface area contributed by atoms with Crippen LogP contribution >= 0.6 is 11.8 Å². The highest BCUT2D eigenvalue weighted by Gasteiger charge is 2.19. The fourth-order valence-electron chi connectivity index (χ4n) is 2.12. The van der Waals surface area contributed by atoms with Gasteiger partial charge in [0, 0.05) is 4.90 Å². The number of fused-ring (bicyclic) bond motifs is 1. The molecular weight excluding hydrogens is 298 g/mol. The van der Waals surface area contributed by atoms with Crippen LogP contribution in [0.15, 0.2) is 52.5 Å². The molecular formula is C17H19NO3S. The van der Waals surface area contributed by atoms with Crippen molar-refractivity contribution in [1.82, 2.24) is 0 Å². The lowest BCUT2D eigenvalue weighted by Gasteiger charge is -2.15. The molecule has 0 spiro atoms. The molecule has 0 fully saturated rings. The average Bonchev–Trinajstić information content (AvgIpc) is 2.54. The third-order valence-electron chi connectivity index (χ3n) is 3.28. The normalized spacial score (nSPS) is 13.0. The summed E-state index contributed by atoms with van der Waals surface area (Å²) in [5, 5.41) is 6.21. The first kappa shape index (κ1) is 16.4. The van der Waals surface area contributed by atoms with E-state index in [0.717, 1.165) is 10.6 Å². The molecule has 0 saturated carbocycles. The van der Waals surface area contributed by atoms with Crippen LogP contribution in [0.5, 0.6) is 0 Å². The van der Waals surface area contributed by atoms with Crippen molar-refractivity contribution in [3.05, 3.63) is 42.5 Å². The Kier molecular flexibility index (Phi) is 5.83. The van der Waals surface area contributed by atoms with Gasteiger partial charge in [-0.25, -0.2) is 0 Å². The lowest BCUT2D eigenvalue weighted by atomic mass is 10.1. The third kappa shape index (κ3) is 4.24. The van der Waals surface area contributed by atoms with E-state index in [1.165, 1.54) is 25.0 Å². The minimum absolute atomic E-state index is 0.117. The highest BCUT2D eigenvalue weighted by molar-refractivity contribution is 8.00. The number of oxime groups is 1. The Bertz CT molecular complexity index is 684. The molecule has 0 aliphatic carbocycles. The van der Waals surface area contributed by atoms with Crippen LogP contribution in [-0.2, 0) is 14.4 Å². The van der Waals surface area contributed by atoms with E-state index >= 15 is 0 Å². The van der Waals surface area contributed by atoms with Gasteiger partial charge in [0.05, 0.1) is 24.5 Å². The van der Waals surface area contributed by atoms with Crippen LogP contribution < -0.4 is 0 Å². The monoisotopic (exact) mass is 317 g/mol. The summed E-state index contributed by atoms with van der Waals surface area (Å²) in [6, 6.07) is 14.4. The van der Waals surface area contributed by atoms with E-state index in [1.54, 1.807) is 11.8 Å². The molecule has 2 rings (SSSR count). The quantitative estimate of drug-likeness (QED) is 0.351. The molecule has 2 aromatic rings. The molecule has 0 radical (unpaired) electrons. The molecule has 1 unspecified atom stereocenters. The van der Waals surface area contributed by atoms with Crippen molar-refractivity contribution in [2.75, 3.05) is 14.2 Å². The molecule has 0 aliphatic heterocycles. The lowest BCUT2D eigenvalue weighted by Crippen LogP contribution is -2.19. The molecule has 0 bridgehead atoms. The molecule has 0 aliphatic rings. The molecule has 116 valence electrons. The van der Waals surface area contributed by atoms with Crippen LogP contribution in [0.4, 0.5) is 0 Å². The summed E-state index contributed by atoms with van der Waals surface area (Å²) >= 11 is 1.58. The number of hydrogen-bond acceptors (Lipinski definition) is 5. The first-order valence-electron chi connectivity index (χ1n) is 6.94. The highest BCUT2D eigenvalue weighted by atomic mass is 32.2. The number of carbonyl (C=O) groups is 1. The van der Waals surface area contributed by atoms with Crippen molar-refractivity contribution in [2.45, 2.75) is 23.5 Å². The summed E-state index contributed by atoms with van der Waals surface area (Å²) in [6.45, 7) is 1.85. The average molecular weight is 317 g/mol. The van der Waals surface area contributed by atoms with E-state index in [2.05, 4.69) is 35.5 Å².